The lowest BCUT2D eigenvalue weighted by molar-refractivity contribution is 0.127. The Bertz CT molecular complexity index is 167. The normalized spacial score (nSPS) is 21.8. The summed E-state index contributed by atoms with van der Waals surface area (Å²) in [7, 11) is 0. The van der Waals surface area contributed by atoms with Crippen molar-refractivity contribution in [2.24, 2.45) is 0 Å². The Hall–Kier alpha value is -0.770. The first kappa shape index (κ1) is 10.3. The van der Waals surface area contributed by atoms with Crippen LogP contribution in [0.2, 0.25) is 0 Å². The summed E-state index contributed by atoms with van der Waals surface area (Å²) in [6, 6.07) is 0.198. The molecule has 0 aromatic heterocycles. The summed E-state index contributed by atoms with van der Waals surface area (Å²) in [5.74, 6) is 0. The molecule has 0 spiro atoms. The van der Waals surface area contributed by atoms with Crippen LogP contribution in [0.5, 0.6) is 0 Å². The fraction of sp³-hybridized carbons (Fsp3) is 0.889. The van der Waals surface area contributed by atoms with Gasteiger partial charge in [0.1, 0.15) is 0 Å². The van der Waals surface area contributed by atoms with Crippen LogP contribution in [0.1, 0.15) is 26.2 Å². The molecular weight excluding hydrogens is 168 g/mol. The van der Waals surface area contributed by atoms with E-state index in [1.807, 2.05) is 0 Å². The molecular formula is C9H18N2O2. The van der Waals surface area contributed by atoms with Gasteiger partial charge < -0.3 is 15.3 Å². The zero-order chi connectivity index (χ0) is 9.68. The Morgan fingerprint density at radius 2 is 2.46 bits per heavy atom. The van der Waals surface area contributed by atoms with Gasteiger partial charge in [-0.2, -0.15) is 0 Å². The molecule has 0 saturated carbocycles. The first-order valence-corrected chi connectivity index (χ1v) is 4.96. The first-order chi connectivity index (χ1) is 6.25. The quantitative estimate of drug-likeness (QED) is 0.692. The number of rotatable bonds is 4. The van der Waals surface area contributed by atoms with Crippen LogP contribution in [0.25, 0.3) is 0 Å². The van der Waals surface area contributed by atoms with Crippen molar-refractivity contribution in [3.63, 3.8) is 0 Å². The van der Waals surface area contributed by atoms with E-state index < -0.39 is 6.09 Å². The van der Waals surface area contributed by atoms with E-state index in [9.17, 15) is 4.79 Å². The van der Waals surface area contributed by atoms with Gasteiger partial charge in [-0.25, -0.2) is 4.79 Å². The maximum absolute atomic E-state index is 10.9. The summed E-state index contributed by atoms with van der Waals surface area (Å²) in [5, 5.41) is 12.1. The summed E-state index contributed by atoms with van der Waals surface area (Å²) in [4.78, 5) is 12.5. The highest BCUT2D eigenvalue weighted by molar-refractivity contribution is 5.65. The number of carboxylic acid groups (broad SMARTS) is 1. The fourth-order valence-electron chi connectivity index (χ4n) is 1.67. The van der Waals surface area contributed by atoms with Gasteiger partial charge in [0.2, 0.25) is 0 Å². The predicted molar refractivity (Wildman–Crippen MR) is 50.9 cm³/mol. The average Bonchev–Trinajstić information content (AvgIpc) is 2.57. The third-order valence-corrected chi connectivity index (χ3v) is 2.47. The topological polar surface area (TPSA) is 52.6 Å². The van der Waals surface area contributed by atoms with E-state index >= 15 is 0 Å². The number of amides is 1. The van der Waals surface area contributed by atoms with Crippen LogP contribution in [0.4, 0.5) is 4.79 Å². The minimum absolute atomic E-state index is 0.198. The standard InChI is InChI=1S/C9H18N2O2/c1-2-3-6-11(9(12)13)8-4-5-10-7-8/h8,10H,2-7H2,1H3,(H,12,13). The summed E-state index contributed by atoms with van der Waals surface area (Å²) in [5.41, 5.74) is 0. The molecule has 2 N–H and O–H groups in total. The van der Waals surface area contributed by atoms with E-state index in [2.05, 4.69) is 12.2 Å². The van der Waals surface area contributed by atoms with E-state index in [4.69, 9.17) is 5.11 Å². The molecule has 1 aliphatic heterocycles. The van der Waals surface area contributed by atoms with Crippen LogP contribution >= 0.6 is 0 Å². The van der Waals surface area contributed by atoms with Crippen molar-refractivity contribution in [2.75, 3.05) is 19.6 Å². The molecule has 0 aliphatic carbocycles. The lowest BCUT2D eigenvalue weighted by Gasteiger charge is -2.25. The molecule has 76 valence electrons. The molecule has 1 rings (SSSR count). The van der Waals surface area contributed by atoms with Gasteiger partial charge in [-0.1, -0.05) is 13.3 Å². The SMILES string of the molecule is CCCCN(C(=O)O)C1CCNC1. The van der Waals surface area contributed by atoms with E-state index in [0.29, 0.717) is 6.54 Å². The van der Waals surface area contributed by atoms with Crippen LogP contribution in [-0.4, -0.2) is 41.8 Å². The van der Waals surface area contributed by atoms with Gasteiger partial charge in [-0.15, -0.1) is 0 Å². The Morgan fingerprint density at radius 1 is 1.69 bits per heavy atom. The van der Waals surface area contributed by atoms with Crippen molar-refractivity contribution in [1.82, 2.24) is 10.2 Å². The Balaban J connectivity index is 2.40. The predicted octanol–water partition coefficient (Wildman–Crippen LogP) is 1.13. The van der Waals surface area contributed by atoms with Gasteiger partial charge in [0.25, 0.3) is 0 Å². The largest absolute Gasteiger partial charge is 0.465 e. The van der Waals surface area contributed by atoms with E-state index in [-0.39, 0.29) is 6.04 Å². The van der Waals surface area contributed by atoms with Crippen molar-refractivity contribution in [3.8, 4) is 0 Å². The second-order valence-corrected chi connectivity index (χ2v) is 3.48. The second kappa shape index (κ2) is 5.07. The van der Waals surface area contributed by atoms with Crippen molar-refractivity contribution in [2.45, 2.75) is 32.2 Å². The van der Waals surface area contributed by atoms with Gasteiger partial charge >= 0.3 is 6.09 Å². The molecule has 1 atom stereocenters. The van der Waals surface area contributed by atoms with E-state index in [1.54, 1.807) is 4.90 Å². The average molecular weight is 186 g/mol. The smallest absolute Gasteiger partial charge is 0.407 e. The lowest BCUT2D eigenvalue weighted by atomic mass is 10.2. The van der Waals surface area contributed by atoms with Gasteiger partial charge in [0, 0.05) is 19.1 Å². The molecule has 0 radical (unpaired) electrons. The number of nitrogens with zero attached hydrogens (tertiary/aromatic N) is 1. The molecule has 0 aromatic rings. The molecule has 1 fully saturated rings. The third kappa shape index (κ3) is 2.88. The zero-order valence-electron chi connectivity index (χ0n) is 8.12. The second-order valence-electron chi connectivity index (χ2n) is 3.48. The Kier molecular flexibility index (Phi) is 4.02. The third-order valence-electron chi connectivity index (χ3n) is 2.47. The highest BCUT2D eigenvalue weighted by Gasteiger charge is 2.25. The van der Waals surface area contributed by atoms with Crippen molar-refractivity contribution >= 4 is 6.09 Å². The molecule has 0 aromatic carbocycles. The summed E-state index contributed by atoms with van der Waals surface area (Å²) in [6.45, 7) is 4.52. The zero-order valence-corrected chi connectivity index (χ0v) is 8.12. The minimum atomic E-state index is -0.776. The minimum Gasteiger partial charge on any atom is -0.465 e. The van der Waals surface area contributed by atoms with Crippen LogP contribution in [0.15, 0.2) is 0 Å². The summed E-state index contributed by atoms with van der Waals surface area (Å²) >= 11 is 0. The highest BCUT2D eigenvalue weighted by Crippen LogP contribution is 2.09. The van der Waals surface area contributed by atoms with Crippen molar-refractivity contribution in [3.05, 3.63) is 0 Å². The monoisotopic (exact) mass is 186 g/mol. The number of carbonyl (C=O) groups is 1. The number of nitrogens with one attached hydrogen (secondary N) is 1. The molecule has 1 aliphatic rings. The highest BCUT2D eigenvalue weighted by atomic mass is 16.4. The maximum atomic E-state index is 10.9. The summed E-state index contributed by atoms with van der Waals surface area (Å²) in [6.07, 6.45) is 2.19. The van der Waals surface area contributed by atoms with Gasteiger partial charge in [0.15, 0.2) is 0 Å². The maximum Gasteiger partial charge on any atom is 0.407 e. The number of unbranched alkanes of at least 4 members (excludes halogenated alkanes) is 1. The molecule has 1 heterocycles. The molecule has 0 bridgehead atoms. The molecule has 4 heteroatoms. The van der Waals surface area contributed by atoms with Gasteiger partial charge in [0.05, 0.1) is 0 Å². The van der Waals surface area contributed by atoms with Crippen LogP contribution in [0.3, 0.4) is 0 Å². The van der Waals surface area contributed by atoms with Crippen molar-refractivity contribution in [1.29, 1.82) is 0 Å². The number of hydrogen-bond acceptors (Lipinski definition) is 2. The molecule has 1 unspecified atom stereocenters. The lowest BCUT2D eigenvalue weighted by Crippen LogP contribution is -2.41. The molecule has 1 amide bonds. The van der Waals surface area contributed by atoms with Crippen molar-refractivity contribution < 1.29 is 9.90 Å². The molecule has 1 saturated heterocycles. The molecule has 13 heavy (non-hydrogen) atoms. The fourth-order valence-corrected chi connectivity index (χ4v) is 1.67. The van der Waals surface area contributed by atoms with E-state index in [0.717, 1.165) is 32.4 Å². The Morgan fingerprint density at radius 3 is 2.92 bits per heavy atom. The first-order valence-electron chi connectivity index (χ1n) is 4.96. The van der Waals surface area contributed by atoms with Gasteiger partial charge in [-0.3, -0.25) is 0 Å². The summed E-state index contributed by atoms with van der Waals surface area (Å²) < 4.78 is 0. The van der Waals surface area contributed by atoms with Crippen LogP contribution < -0.4 is 5.32 Å². The Labute approximate surface area is 78.9 Å². The van der Waals surface area contributed by atoms with Crippen LogP contribution in [0, 0.1) is 0 Å². The van der Waals surface area contributed by atoms with Gasteiger partial charge in [-0.05, 0) is 19.4 Å². The van der Waals surface area contributed by atoms with E-state index in [1.165, 1.54) is 0 Å². The molecule has 4 nitrogen and oxygen atoms in total. The van der Waals surface area contributed by atoms with Crippen LogP contribution in [-0.2, 0) is 0 Å². The number of hydrogen-bond donors (Lipinski definition) is 2.